The van der Waals surface area contributed by atoms with E-state index in [1.54, 1.807) is 0 Å². The quantitative estimate of drug-likeness (QED) is 0.870. The molecule has 5 nitrogen and oxygen atoms in total. The molecule has 2 N–H and O–H groups in total. The maximum atomic E-state index is 12.1. The van der Waals surface area contributed by atoms with Crippen molar-refractivity contribution >= 4 is 10.0 Å². The molecule has 106 valence electrons. The van der Waals surface area contributed by atoms with Crippen LogP contribution in [0.3, 0.4) is 0 Å². The molecule has 1 atom stereocenters. The first-order chi connectivity index (χ1) is 8.99. The maximum Gasteiger partial charge on any atom is 0.240 e. The van der Waals surface area contributed by atoms with E-state index in [-0.39, 0.29) is 16.7 Å². The lowest BCUT2D eigenvalue weighted by atomic mass is 10.0. The van der Waals surface area contributed by atoms with E-state index in [4.69, 9.17) is 0 Å². The molecule has 0 bridgehead atoms. The molecule has 0 radical (unpaired) electrons. The molecule has 1 unspecified atom stereocenters. The molecule has 1 aliphatic heterocycles. The molecule has 2 rings (SSSR count). The van der Waals surface area contributed by atoms with E-state index in [1.807, 2.05) is 7.05 Å². The zero-order valence-corrected chi connectivity index (χ0v) is 11.9. The minimum absolute atomic E-state index is 0.0438. The number of piperidine rings is 1. The van der Waals surface area contributed by atoms with Crippen LogP contribution >= 0.6 is 0 Å². The summed E-state index contributed by atoms with van der Waals surface area (Å²) in [5.74, 6) is -0.0438. The van der Waals surface area contributed by atoms with Gasteiger partial charge in [0.05, 0.1) is 4.90 Å². The Kier molecular flexibility index (Phi) is 4.44. The van der Waals surface area contributed by atoms with Crippen LogP contribution in [0.2, 0.25) is 0 Å². The Labute approximate surface area is 114 Å². The van der Waals surface area contributed by atoms with Crippen molar-refractivity contribution in [1.82, 2.24) is 9.62 Å². The van der Waals surface area contributed by atoms with E-state index in [1.165, 1.54) is 30.7 Å². The molecule has 1 saturated heterocycles. The number of benzene rings is 1. The lowest BCUT2D eigenvalue weighted by molar-refractivity contribution is 0.187. The molecule has 0 spiro atoms. The second-order valence-electron chi connectivity index (χ2n) is 4.98. The number of likely N-dealkylation sites (tertiary alicyclic amines) is 1. The molecule has 0 amide bonds. The highest BCUT2D eigenvalue weighted by Crippen LogP contribution is 2.17. The third-order valence-corrected chi connectivity index (χ3v) is 4.98. The number of aromatic hydroxyl groups is 1. The molecular weight excluding hydrogens is 264 g/mol. The second-order valence-corrected chi connectivity index (χ2v) is 6.75. The van der Waals surface area contributed by atoms with Crippen LogP contribution in [-0.2, 0) is 10.0 Å². The van der Waals surface area contributed by atoms with Gasteiger partial charge >= 0.3 is 0 Å². The topological polar surface area (TPSA) is 69.6 Å². The van der Waals surface area contributed by atoms with Crippen molar-refractivity contribution in [3.05, 3.63) is 24.3 Å². The van der Waals surface area contributed by atoms with Crippen molar-refractivity contribution in [1.29, 1.82) is 0 Å². The van der Waals surface area contributed by atoms with Crippen LogP contribution in [0, 0.1) is 0 Å². The summed E-state index contributed by atoms with van der Waals surface area (Å²) < 4.78 is 26.8. The molecule has 1 heterocycles. The Morgan fingerprint density at radius 3 is 2.89 bits per heavy atom. The predicted molar refractivity (Wildman–Crippen MR) is 73.6 cm³/mol. The predicted octanol–water partition coefficient (Wildman–Crippen LogP) is 1.15. The van der Waals surface area contributed by atoms with E-state index < -0.39 is 10.0 Å². The Bertz CT molecular complexity index is 530. The van der Waals surface area contributed by atoms with E-state index in [9.17, 15) is 13.5 Å². The largest absolute Gasteiger partial charge is 0.508 e. The first-order valence-corrected chi connectivity index (χ1v) is 7.96. The average Bonchev–Trinajstić information content (AvgIpc) is 2.38. The van der Waals surface area contributed by atoms with Crippen LogP contribution in [0.1, 0.15) is 19.3 Å². The first kappa shape index (κ1) is 14.3. The number of phenolic OH excluding ortho intramolecular Hbond substituents is 1. The summed E-state index contributed by atoms with van der Waals surface area (Å²) in [6.07, 6.45) is 3.33. The van der Waals surface area contributed by atoms with Gasteiger partial charge in [-0.05, 0) is 44.6 Å². The number of phenols is 1. The van der Waals surface area contributed by atoms with Gasteiger partial charge in [0.1, 0.15) is 5.75 Å². The van der Waals surface area contributed by atoms with Gasteiger partial charge in [0.2, 0.25) is 10.0 Å². The molecule has 19 heavy (non-hydrogen) atoms. The molecular formula is C13H20N2O3S. The van der Waals surface area contributed by atoms with Gasteiger partial charge in [-0.25, -0.2) is 13.1 Å². The van der Waals surface area contributed by atoms with Gasteiger partial charge in [-0.15, -0.1) is 0 Å². The van der Waals surface area contributed by atoms with Gasteiger partial charge in [-0.3, -0.25) is 0 Å². The fourth-order valence-corrected chi connectivity index (χ4v) is 3.45. The fraction of sp³-hybridized carbons (Fsp3) is 0.538. The Balaban J connectivity index is 2.01. The number of hydrogen-bond donors (Lipinski definition) is 2. The van der Waals surface area contributed by atoms with Crippen molar-refractivity contribution in [3.63, 3.8) is 0 Å². The van der Waals surface area contributed by atoms with Gasteiger partial charge < -0.3 is 10.0 Å². The summed E-state index contributed by atoms with van der Waals surface area (Å²) in [6, 6.07) is 5.96. The van der Waals surface area contributed by atoms with Crippen molar-refractivity contribution in [2.45, 2.75) is 30.2 Å². The van der Waals surface area contributed by atoms with Gasteiger partial charge in [0, 0.05) is 12.6 Å². The monoisotopic (exact) mass is 284 g/mol. The van der Waals surface area contributed by atoms with Crippen LogP contribution in [0.4, 0.5) is 0 Å². The molecule has 1 fully saturated rings. The third-order valence-electron chi connectivity index (χ3n) is 3.56. The van der Waals surface area contributed by atoms with Gasteiger partial charge in [0.25, 0.3) is 0 Å². The highest BCUT2D eigenvalue weighted by molar-refractivity contribution is 7.89. The van der Waals surface area contributed by atoms with Crippen LogP contribution in [-0.4, -0.2) is 44.6 Å². The van der Waals surface area contributed by atoms with Crippen LogP contribution in [0.5, 0.6) is 5.75 Å². The van der Waals surface area contributed by atoms with Gasteiger partial charge in [-0.1, -0.05) is 12.5 Å². The van der Waals surface area contributed by atoms with Gasteiger partial charge in [0.15, 0.2) is 0 Å². The summed E-state index contributed by atoms with van der Waals surface area (Å²) in [5.41, 5.74) is 0. The van der Waals surface area contributed by atoms with E-state index in [0.29, 0.717) is 6.54 Å². The standard InChI is InChI=1S/C13H20N2O3S/c1-15-8-3-2-5-11(15)10-14-19(17,18)13-7-4-6-12(16)9-13/h4,6-7,9,11,14,16H,2-3,5,8,10H2,1H3. The third kappa shape index (κ3) is 3.68. The number of nitrogens with one attached hydrogen (secondary N) is 1. The smallest absolute Gasteiger partial charge is 0.240 e. The van der Waals surface area contributed by atoms with Crippen LogP contribution in [0.15, 0.2) is 29.2 Å². The zero-order chi connectivity index (χ0) is 13.9. The van der Waals surface area contributed by atoms with Gasteiger partial charge in [-0.2, -0.15) is 0 Å². The fourth-order valence-electron chi connectivity index (χ4n) is 2.34. The maximum absolute atomic E-state index is 12.1. The molecule has 0 saturated carbocycles. The van der Waals surface area contributed by atoms with Crippen LogP contribution < -0.4 is 4.72 Å². The number of likely N-dealkylation sites (N-methyl/N-ethyl adjacent to an activating group) is 1. The van der Waals surface area contributed by atoms with Crippen LogP contribution in [0.25, 0.3) is 0 Å². The minimum Gasteiger partial charge on any atom is -0.508 e. The Morgan fingerprint density at radius 1 is 1.42 bits per heavy atom. The Morgan fingerprint density at radius 2 is 2.21 bits per heavy atom. The second kappa shape index (κ2) is 5.90. The summed E-state index contributed by atoms with van der Waals surface area (Å²) in [6.45, 7) is 1.42. The molecule has 0 aliphatic carbocycles. The number of hydrogen-bond acceptors (Lipinski definition) is 4. The molecule has 1 aromatic rings. The summed E-state index contributed by atoms with van der Waals surface area (Å²) >= 11 is 0. The summed E-state index contributed by atoms with van der Waals surface area (Å²) in [4.78, 5) is 2.29. The lowest BCUT2D eigenvalue weighted by Gasteiger charge is -2.32. The molecule has 6 heteroatoms. The number of rotatable bonds is 4. The number of nitrogens with zero attached hydrogens (tertiary/aromatic N) is 1. The van der Waals surface area contributed by atoms with Crippen molar-refractivity contribution in [2.75, 3.05) is 20.1 Å². The lowest BCUT2D eigenvalue weighted by Crippen LogP contribution is -2.44. The van der Waals surface area contributed by atoms with Crippen molar-refractivity contribution in [2.24, 2.45) is 0 Å². The molecule has 0 aromatic heterocycles. The van der Waals surface area contributed by atoms with E-state index in [2.05, 4.69) is 9.62 Å². The average molecular weight is 284 g/mol. The highest BCUT2D eigenvalue weighted by atomic mass is 32.2. The number of sulfonamides is 1. The zero-order valence-electron chi connectivity index (χ0n) is 11.0. The van der Waals surface area contributed by atoms with E-state index >= 15 is 0 Å². The van der Waals surface area contributed by atoms with Crippen molar-refractivity contribution in [3.8, 4) is 5.75 Å². The first-order valence-electron chi connectivity index (χ1n) is 6.48. The SMILES string of the molecule is CN1CCCCC1CNS(=O)(=O)c1cccc(O)c1. The van der Waals surface area contributed by atoms with E-state index in [0.717, 1.165) is 19.4 Å². The normalized spacial score (nSPS) is 21.4. The minimum atomic E-state index is -3.54. The summed E-state index contributed by atoms with van der Waals surface area (Å²) in [7, 11) is -1.52. The van der Waals surface area contributed by atoms with Crippen molar-refractivity contribution < 1.29 is 13.5 Å². The summed E-state index contributed by atoms with van der Waals surface area (Å²) in [5, 5.41) is 9.33. The highest BCUT2D eigenvalue weighted by Gasteiger charge is 2.22. The Hall–Kier alpha value is -1.11. The molecule has 1 aromatic carbocycles. The molecule has 1 aliphatic rings.